The summed E-state index contributed by atoms with van der Waals surface area (Å²) in [6, 6.07) is 7.95. The summed E-state index contributed by atoms with van der Waals surface area (Å²) in [6.45, 7) is 3.04. The Balaban J connectivity index is 0.00000128. The minimum Gasteiger partial charge on any atom is -0.324 e. The van der Waals surface area contributed by atoms with E-state index in [1.807, 2.05) is 24.3 Å². The first-order valence-electron chi connectivity index (χ1n) is 5.43. The summed E-state index contributed by atoms with van der Waals surface area (Å²) in [4.78, 5) is 11.7. The highest BCUT2D eigenvalue weighted by Gasteiger charge is 2.24. The van der Waals surface area contributed by atoms with Crippen molar-refractivity contribution in [2.24, 2.45) is 0 Å². The Bertz CT molecular complexity index is 364. The van der Waals surface area contributed by atoms with Crippen LogP contribution in [0, 0.1) is 0 Å². The van der Waals surface area contributed by atoms with Gasteiger partial charge < -0.3 is 10.6 Å². The molecule has 0 aromatic heterocycles. The van der Waals surface area contributed by atoms with Gasteiger partial charge in [-0.25, -0.2) is 0 Å². The van der Waals surface area contributed by atoms with Gasteiger partial charge in [-0.2, -0.15) is 0 Å². The maximum Gasteiger partial charge on any atom is 0.241 e. The van der Waals surface area contributed by atoms with E-state index in [0.717, 1.165) is 25.1 Å². The predicted octanol–water partition coefficient (Wildman–Crippen LogP) is 1.97. The number of rotatable bonds is 3. The van der Waals surface area contributed by atoms with Crippen LogP contribution in [0.1, 0.15) is 18.9 Å². The van der Waals surface area contributed by atoms with E-state index < -0.39 is 0 Å². The van der Waals surface area contributed by atoms with Crippen LogP contribution in [0.2, 0.25) is 0 Å². The van der Waals surface area contributed by atoms with E-state index in [1.165, 1.54) is 5.56 Å². The van der Waals surface area contributed by atoms with Crippen LogP contribution in [0.5, 0.6) is 0 Å². The fourth-order valence-corrected chi connectivity index (χ4v) is 1.68. The molecule has 1 aromatic rings. The number of amides is 1. The Kier molecular flexibility index (Phi) is 4.77. The van der Waals surface area contributed by atoms with Gasteiger partial charge >= 0.3 is 0 Å². The molecule has 1 saturated heterocycles. The summed E-state index contributed by atoms with van der Waals surface area (Å²) >= 11 is 0. The minimum absolute atomic E-state index is 0. The molecule has 1 aliphatic heterocycles. The average Bonchev–Trinajstić information content (AvgIpc) is 2.15. The molecule has 0 unspecified atom stereocenters. The normalized spacial score (nSPS) is 18.2. The standard InChI is InChI=1S/C12H16N2O.ClH/c1-2-9-5-3-4-6-10(9)14-12(15)11-7-8-13-11;/h3-6,11,13H,2,7-8H2,1H3,(H,14,15);1H/t11-;/m1./s1. The van der Waals surface area contributed by atoms with Gasteiger partial charge in [-0.3, -0.25) is 4.79 Å². The Hall–Kier alpha value is -1.06. The Morgan fingerprint density at radius 1 is 1.50 bits per heavy atom. The van der Waals surface area contributed by atoms with Gasteiger partial charge in [0, 0.05) is 5.69 Å². The lowest BCUT2D eigenvalue weighted by Gasteiger charge is -2.26. The molecule has 2 N–H and O–H groups in total. The highest BCUT2D eigenvalue weighted by Crippen LogP contribution is 2.16. The van der Waals surface area contributed by atoms with Gasteiger partial charge in [0.25, 0.3) is 0 Å². The molecule has 16 heavy (non-hydrogen) atoms. The van der Waals surface area contributed by atoms with Gasteiger partial charge in [-0.1, -0.05) is 25.1 Å². The van der Waals surface area contributed by atoms with Crippen LogP contribution in [0.15, 0.2) is 24.3 Å². The molecular formula is C12H17ClN2O. The number of aryl methyl sites for hydroxylation is 1. The van der Waals surface area contributed by atoms with Crippen molar-refractivity contribution in [2.75, 3.05) is 11.9 Å². The molecule has 0 spiro atoms. The third-order valence-corrected chi connectivity index (χ3v) is 2.80. The van der Waals surface area contributed by atoms with Crippen LogP contribution in [0.4, 0.5) is 5.69 Å². The van der Waals surface area contributed by atoms with Gasteiger partial charge in [0.2, 0.25) is 5.91 Å². The van der Waals surface area contributed by atoms with E-state index in [-0.39, 0.29) is 24.4 Å². The van der Waals surface area contributed by atoms with Crippen molar-refractivity contribution in [1.29, 1.82) is 0 Å². The number of halogens is 1. The van der Waals surface area contributed by atoms with Crippen LogP contribution in [-0.4, -0.2) is 18.5 Å². The molecule has 1 heterocycles. The first-order chi connectivity index (χ1) is 7.31. The highest BCUT2D eigenvalue weighted by atomic mass is 35.5. The van der Waals surface area contributed by atoms with E-state index in [1.54, 1.807) is 0 Å². The van der Waals surface area contributed by atoms with Gasteiger partial charge in [-0.05, 0) is 31.0 Å². The fraction of sp³-hybridized carbons (Fsp3) is 0.417. The van der Waals surface area contributed by atoms with Gasteiger partial charge in [-0.15, -0.1) is 12.4 Å². The monoisotopic (exact) mass is 240 g/mol. The third kappa shape index (κ3) is 2.74. The molecule has 3 nitrogen and oxygen atoms in total. The first kappa shape index (κ1) is 13.0. The lowest BCUT2D eigenvalue weighted by atomic mass is 10.1. The summed E-state index contributed by atoms with van der Waals surface area (Å²) in [5.74, 6) is 0.0853. The van der Waals surface area contributed by atoms with Gasteiger partial charge in [0.15, 0.2) is 0 Å². The van der Waals surface area contributed by atoms with Crippen molar-refractivity contribution in [3.63, 3.8) is 0 Å². The number of carbonyl (C=O) groups excluding carboxylic acids is 1. The second-order valence-corrected chi connectivity index (χ2v) is 3.80. The van der Waals surface area contributed by atoms with Crippen LogP contribution >= 0.6 is 12.4 Å². The van der Waals surface area contributed by atoms with Crippen molar-refractivity contribution >= 4 is 24.0 Å². The molecule has 4 heteroatoms. The maximum absolute atomic E-state index is 11.7. The zero-order chi connectivity index (χ0) is 10.7. The number of hydrogen-bond donors (Lipinski definition) is 2. The zero-order valence-electron chi connectivity index (χ0n) is 9.32. The Morgan fingerprint density at radius 3 is 2.75 bits per heavy atom. The van der Waals surface area contributed by atoms with Crippen LogP contribution in [-0.2, 0) is 11.2 Å². The summed E-state index contributed by atoms with van der Waals surface area (Å²) < 4.78 is 0. The van der Waals surface area contributed by atoms with Crippen LogP contribution < -0.4 is 10.6 Å². The highest BCUT2D eigenvalue weighted by molar-refractivity contribution is 5.96. The van der Waals surface area contributed by atoms with Crippen molar-refractivity contribution in [2.45, 2.75) is 25.8 Å². The average molecular weight is 241 g/mol. The minimum atomic E-state index is 0. The first-order valence-corrected chi connectivity index (χ1v) is 5.43. The van der Waals surface area contributed by atoms with E-state index in [2.05, 4.69) is 17.6 Å². The summed E-state index contributed by atoms with van der Waals surface area (Å²) in [5, 5.41) is 6.05. The SMILES string of the molecule is CCc1ccccc1NC(=O)[C@H]1CCN1.Cl. The van der Waals surface area contributed by atoms with E-state index in [4.69, 9.17) is 0 Å². The number of hydrogen-bond acceptors (Lipinski definition) is 2. The van der Waals surface area contributed by atoms with Crippen molar-refractivity contribution < 1.29 is 4.79 Å². The van der Waals surface area contributed by atoms with E-state index >= 15 is 0 Å². The molecule has 0 saturated carbocycles. The molecular weight excluding hydrogens is 224 g/mol. The summed E-state index contributed by atoms with van der Waals surface area (Å²) in [6.07, 6.45) is 1.88. The molecule has 0 radical (unpaired) electrons. The topological polar surface area (TPSA) is 41.1 Å². The molecule has 1 atom stereocenters. The maximum atomic E-state index is 11.7. The van der Waals surface area contributed by atoms with Crippen LogP contribution in [0.3, 0.4) is 0 Å². The van der Waals surface area contributed by atoms with E-state index in [9.17, 15) is 4.79 Å². The quantitative estimate of drug-likeness (QED) is 0.848. The smallest absolute Gasteiger partial charge is 0.241 e. The van der Waals surface area contributed by atoms with Crippen molar-refractivity contribution in [3.05, 3.63) is 29.8 Å². The van der Waals surface area contributed by atoms with Crippen molar-refractivity contribution in [1.82, 2.24) is 5.32 Å². The number of carbonyl (C=O) groups is 1. The van der Waals surface area contributed by atoms with Gasteiger partial charge in [0.05, 0.1) is 6.04 Å². The molecule has 1 fully saturated rings. The number of nitrogens with one attached hydrogen (secondary N) is 2. The number of anilines is 1. The summed E-state index contributed by atoms with van der Waals surface area (Å²) in [5.41, 5.74) is 2.13. The lowest BCUT2D eigenvalue weighted by molar-refractivity contribution is -0.119. The second kappa shape index (κ2) is 5.87. The van der Waals surface area contributed by atoms with E-state index in [0.29, 0.717) is 0 Å². The molecule has 1 aromatic carbocycles. The summed E-state index contributed by atoms with van der Waals surface area (Å²) in [7, 11) is 0. The molecule has 88 valence electrons. The van der Waals surface area contributed by atoms with Gasteiger partial charge in [0.1, 0.15) is 0 Å². The predicted molar refractivity (Wildman–Crippen MR) is 68.1 cm³/mol. The van der Waals surface area contributed by atoms with Crippen molar-refractivity contribution in [3.8, 4) is 0 Å². The largest absolute Gasteiger partial charge is 0.324 e. The lowest BCUT2D eigenvalue weighted by Crippen LogP contribution is -2.50. The number of para-hydroxylation sites is 1. The Labute approximate surface area is 102 Å². The second-order valence-electron chi connectivity index (χ2n) is 3.80. The van der Waals surface area contributed by atoms with Crippen LogP contribution in [0.25, 0.3) is 0 Å². The zero-order valence-corrected chi connectivity index (χ0v) is 10.1. The third-order valence-electron chi connectivity index (χ3n) is 2.80. The molecule has 1 aliphatic rings. The molecule has 1 amide bonds. The fourth-order valence-electron chi connectivity index (χ4n) is 1.68. The molecule has 2 rings (SSSR count). The number of benzene rings is 1. The molecule has 0 aliphatic carbocycles. The Morgan fingerprint density at radius 2 is 2.19 bits per heavy atom. The molecule has 0 bridgehead atoms.